The quantitative estimate of drug-likeness (QED) is 0.170. The molecule has 4 aromatic carbocycles. The third kappa shape index (κ3) is 3.97. The topological polar surface area (TPSA) is 13.1 Å². The number of hydrogen-bond donors (Lipinski definition) is 0. The van der Waals surface area contributed by atoms with Gasteiger partial charge in [0.05, 0.1) is 10.9 Å². The Balaban J connectivity index is 1.74. The Kier molecular flexibility index (Phi) is 5.44. The Bertz CT molecular complexity index is 1780. The van der Waals surface area contributed by atoms with Crippen molar-refractivity contribution in [2.24, 2.45) is 17.9 Å². The van der Waals surface area contributed by atoms with Crippen LogP contribution in [-0.2, 0) is 19.9 Å². The van der Waals surface area contributed by atoms with Crippen molar-refractivity contribution in [3.63, 3.8) is 0 Å². The van der Waals surface area contributed by atoms with Crippen LogP contribution in [0, 0.1) is 24.7 Å². The molecule has 0 fully saturated rings. The first-order chi connectivity index (χ1) is 17.8. The van der Waals surface area contributed by atoms with Crippen LogP contribution < -0.4 is 9.30 Å². The Hall–Kier alpha value is -3.39. The molecule has 0 aliphatic carbocycles. The summed E-state index contributed by atoms with van der Waals surface area (Å²) in [6.45, 7) is 18.4. The Morgan fingerprint density at radius 1 is 0.737 bits per heavy atom. The number of ether oxygens (including phenoxy) is 1. The van der Waals surface area contributed by atoms with Crippen molar-refractivity contribution in [3.8, 4) is 22.8 Å². The number of nitrogens with zero attached hydrogens (tertiary/aromatic N) is 1. The summed E-state index contributed by atoms with van der Waals surface area (Å²) >= 11 is 0. The minimum absolute atomic E-state index is 0.126. The Morgan fingerprint density at radius 3 is 2.11 bits per heavy atom. The zero-order chi connectivity index (χ0) is 27.1. The van der Waals surface area contributed by atoms with Gasteiger partial charge in [-0.1, -0.05) is 71.9 Å². The lowest BCUT2D eigenvalue weighted by Crippen LogP contribution is -2.32. The number of aryl methyl sites for hydroxylation is 3. The predicted octanol–water partition coefficient (Wildman–Crippen LogP) is 9.54. The third-order valence-electron chi connectivity index (χ3n) is 8.05. The number of pyridine rings is 1. The van der Waals surface area contributed by atoms with Gasteiger partial charge >= 0.3 is 0 Å². The first-order valence-electron chi connectivity index (χ1n) is 13.9. The first kappa shape index (κ1) is 24.9. The van der Waals surface area contributed by atoms with Crippen LogP contribution in [0.1, 0.15) is 63.8 Å². The van der Waals surface area contributed by atoms with Crippen molar-refractivity contribution < 1.29 is 9.30 Å². The van der Waals surface area contributed by atoms with Gasteiger partial charge in [-0.05, 0) is 87.9 Å². The van der Waals surface area contributed by atoms with Gasteiger partial charge in [-0.3, -0.25) is 0 Å². The highest BCUT2D eigenvalue weighted by Crippen LogP contribution is 2.53. The van der Waals surface area contributed by atoms with Crippen LogP contribution in [0.4, 0.5) is 0 Å². The highest BCUT2D eigenvalue weighted by molar-refractivity contribution is 6.13. The molecule has 6 rings (SSSR count). The molecular formula is C36H40NO+. The minimum atomic E-state index is 0.126. The largest absolute Gasteiger partial charge is 0.455 e. The second-order valence-electron chi connectivity index (χ2n) is 13.9. The summed E-state index contributed by atoms with van der Waals surface area (Å²) < 4.78 is 9.46. The maximum atomic E-state index is 7.17. The number of hydrogen-bond acceptors (Lipinski definition) is 1. The number of rotatable bonds is 2. The van der Waals surface area contributed by atoms with E-state index < -0.39 is 0 Å². The van der Waals surface area contributed by atoms with Crippen molar-refractivity contribution in [1.29, 1.82) is 0 Å². The van der Waals surface area contributed by atoms with E-state index in [0.717, 1.165) is 24.3 Å². The summed E-state index contributed by atoms with van der Waals surface area (Å²) in [5.41, 5.74) is 8.22. The molecule has 0 N–H and O–H groups in total. The van der Waals surface area contributed by atoms with E-state index in [4.69, 9.17) is 4.74 Å². The molecule has 38 heavy (non-hydrogen) atoms. The van der Waals surface area contributed by atoms with Gasteiger partial charge in [-0.2, -0.15) is 0 Å². The van der Waals surface area contributed by atoms with Crippen molar-refractivity contribution >= 4 is 32.3 Å². The van der Waals surface area contributed by atoms with Gasteiger partial charge in [0.1, 0.15) is 18.5 Å². The summed E-state index contributed by atoms with van der Waals surface area (Å²) in [6, 6.07) is 18.2. The normalized spacial score (nSPS) is 13.3. The van der Waals surface area contributed by atoms with Crippen LogP contribution in [0.2, 0.25) is 0 Å². The fraction of sp³-hybridized carbons (Fsp3) is 0.361. The number of fused-ring (bicyclic) bond motifs is 5. The highest BCUT2D eigenvalue weighted by atomic mass is 16.5. The van der Waals surface area contributed by atoms with E-state index in [9.17, 15) is 0 Å². The fourth-order valence-electron chi connectivity index (χ4n) is 6.44. The molecule has 0 radical (unpaired) electrons. The van der Waals surface area contributed by atoms with Gasteiger partial charge in [0.2, 0.25) is 5.69 Å². The lowest BCUT2D eigenvalue weighted by Gasteiger charge is -2.29. The molecule has 194 valence electrons. The molecule has 0 bridgehead atoms. The zero-order valence-electron chi connectivity index (χ0n) is 24.5. The standard InChI is InChI=1S/C36H40NO/c1-21-16-28-24(18-25(21)19-35(3,4)5)17-23-14-15-37(9)32-30-22(2)26-12-10-11-13-27(26)29(20-36(6,7)8)34(30)38-33(28)31(23)32/h10-18H,19-20H2,1-9H3/q+1. The monoisotopic (exact) mass is 502 g/mol. The molecule has 5 aromatic rings. The second-order valence-corrected chi connectivity index (χ2v) is 13.9. The number of aromatic nitrogens is 1. The van der Waals surface area contributed by atoms with Gasteiger partial charge in [-0.25, -0.2) is 4.57 Å². The number of benzene rings is 4. The minimum Gasteiger partial charge on any atom is -0.455 e. The van der Waals surface area contributed by atoms with E-state index >= 15 is 0 Å². The van der Waals surface area contributed by atoms with Crippen LogP contribution >= 0.6 is 0 Å². The fourth-order valence-corrected chi connectivity index (χ4v) is 6.44. The SMILES string of the molecule is Cc1cc2c3c4c([n+](C)ccc4cc2cc1CC(C)(C)C)-c1c(c(CC(C)(C)C)c2ccccc2c1C)O3. The van der Waals surface area contributed by atoms with Gasteiger partial charge in [0.25, 0.3) is 0 Å². The molecule has 2 heterocycles. The summed E-state index contributed by atoms with van der Waals surface area (Å²) in [6.07, 6.45) is 4.22. The average Bonchev–Trinajstić information content (AvgIpc) is 2.82. The van der Waals surface area contributed by atoms with Gasteiger partial charge < -0.3 is 4.74 Å². The van der Waals surface area contributed by atoms with Crippen LogP contribution in [-0.4, -0.2) is 0 Å². The molecule has 1 aromatic heterocycles. The van der Waals surface area contributed by atoms with E-state index in [-0.39, 0.29) is 10.8 Å². The van der Waals surface area contributed by atoms with Crippen molar-refractivity contribution in [3.05, 3.63) is 77.0 Å². The molecule has 0 saturated carbocycles. The Labute approximate surface area is 227 Å². The maximum absolute atomic E-state index is 7.17. The maximum Gasteiger partial charge on any atom is 0.228 e. The smallest absolute Gasteiger partial charge is 0.228 e. The molecule has 0 unspecified atom stereocenters. The first-order valence-corrected chi connectivity index (χ1v) is 13.9. The molecular weight excluding hydrogens is 462 g/mol. The van der Waals surface area contributed by atoms with E-state index in [1.54, 1.807) is 0 Å². The van der Waals surface area contributed by atoms with Gasteiger partial charge in [0, 0.05) is 17.0 Å². The van der Waals surface area contributed by atoms with E-state index in [1.165, 1.54) is 65.8 Å². The predicted molar refractivity (Wildman–Crippen MR) is 161 cm³/mol. The molecule has 0 amide bonds. The van der Waals surface area contributed by atoms with E-state index in [2.05, 4.69) is 122 Å². The van der Waals surface area contributed by atoms with Crippen LogP contribution in [0.25, 0.3) is 43.6 Å². The Morgan fingerprint density at radius 2 is 1.42 bits per heavy atom. The molecule has 0 saturated heterocycles. The van der Waals surface area contributed by atoms with E-state index in [1.807, 2.05) is 0 Å². The molecule has 0 spiro atoms. The van der Waals surface area contributed by atoms with Gasteiger partial charge in [-0.15, -0.1) is 0 Å². The molecule has 0 atom stereocenters. The molecule has 1 aliphatic rings. The average molecular weight is 503 g/mol. The van der Waals surface area contributed by atoms with Crippen molar-refractivity contribution in [2.75, 3.05) is 0 Å². The summed E-state index contributed by atoms with van der Waals surface area (Å²) in [4.78, 5) is 0. The molecule has 2 nitrogen and oxygen atoms in total. The van der Waals surface area contributed by atoms with Crippen molar-refractivity contribution in [2.45, 2.75) is 68.2 Å². The van der Waals surface area contributed by atoms with Gasteiger partial charge in [0.15, 0.2) is 6.20 Å². The van der Waals surface area contributed by atoms with E-state index in [0.29, 0.717) is 0 Å². The van der Waals surface area contributed by atoms with Crippen LogP contribution in [0.3, 0.4) is 0 Å². The third-order valence-corrected chi connectivity index (χ3v) is 8.05. The molecule has 2 heteroatoms. The summed E-state index contributed by atoms with van der Waals surface area (Å²) in [5.74, 6) is 2.04. The highest BCUT2D eigenvalue weighted by Gasteiger charge is 2.34. The van der Waals surface area contributed by atoms with Crippen LogP contribution in [0.5, 0.6) is 11.5 Å². The summed E-state index contributed by atoms with van der Waals surface area (Å²) in [7, 11) is 2.17. The van der Waals surface area contributed by atoms with Crippen LogP contribution in [0.15, 0.2) is 54.7 Å². The second kappa shape index (κ2) is 8.30. The lowest BCUT2D eigenvalue weighted by molar-refractivity contribution is -0.659. The van der Waals surface area contributed by atoms with Crippen molar-refractivity contribution in [1.82, 2.24) is 0 Å². The molecule has 1 aliphatic heterocycles. The lowest BCUT2D eigenvalue weighted by atomic mass is 9.81. The summed E-state index contributed by atoms with van der Waals surface area (Å²) in [5, 5.41) is 7.55. The zero-order valence-corrected chi connectivity index (χ0v) is 24.5.